The van der Waals surface area contributed by atoms with Crippen LogP contribution in [0.1, 0.15) is 24.3 Å². The van der Waals surface area contributed by atoms with Crippen LogP contribution in [0.15, 0.2) is 41.8 Å². The summed E-state index contributed by atoms with van der Waals surface area (Å²) < 4.78 is 5.07. The molecule has 0 aliphatic carbocycles. The number of aliphatic carboxylic acids is 1. The predicted octanol–water partition coefficient (Wildman–Crippen LogP) is 2.44. The van der Waals surface area contributed by atoms with Crippen LogP contribution >= 0.6 is 11.3 Å². The number of rotatable bonds is 8. The van der Waals surface area contributed by atoms with Crippen LogP contribution in [0.3, 0.4) is 0 Å². The number of hydrogen-bond acceptors (Lipinski definition) is 5. The normalized spacial score (nSPS) is 11.5. The minimum Gasteiger partial charge on any atom is -0.482 e. The van der Waals surface area contributed by atoms with Crippen LogP contribution in [-0.4, -0.2) is 36.5 Å². The molecule has 0 bridgehead atoms. The number of nitrogens with zero attached hydrogens (tertiary/aromatic N) is 1. The predicted molar refractivity (Wildman–Crippen MR) is 98.5 cm³/mol. The number of carbonyl (C=O) groups excluding carboxylic acids is 2. The first-order valence-corrected chi connectivity index (χ1v) is 8.76. The Morgan fingerprint density at radius 1 is 1.23 bits per heavy atom. The number of thiophene rings is 1. The fourth-order valence-electron chi connectivity index (χ4n) is 2.32. The smallest absolute Gasteiger partial charge is 0.341 e. The minimum atomic E-state index is -1.06. The Morgan fingerprint density at radius 2 is 1.92 bits per heavy atom. The van der Waals surface area contributed by atoms with Gasteiger partial charge in [-0.05, 0) is 35.7 Å². The average molecular weight is 376 g/mol. The topological polar surface area (TPSA) is 95.9 Å². The van der Waals surface area contributed by atoms with E-state index in [-0.39, 0.29) is 24.3 Å². The highest BCUT2D eigenvalue weighted by Crippen LogP contribution is 2.25. The fourth-order valence-corrected chi connectivity index (χ4v) is 3.10. The molecule has 2 rings (SSSR count). The molecular weight excluding hydrogens is 356 g/mol. The summed E-state index contributed by atoms with van der Waals surface area (Å²) in [5, 5.41) is 13.3. The van der Waals surface area contributed by atoms with Gasteiger partial charge in [-0.15, -0.1) is 11.3 Å². The second-order valence-electron chi connectivity index (χ2n) is 5.60. The van der Waals surface area contributed by atoms with Gasteiger partial charge in [-0.25, -0.2) is 4.79 Å². The molecule has 1 aromatic carbocycles. The van der Waals surface area contributed by atoms with Crippen molar-refractivity contribution in [2.75, 3.05) is 18.6 Å². The monoisotopic (exact) mass is 376 g/mol. The Hall–Kier alpha value is -2.87. The molecule has 1 atom stereocenters. The quantitative estimate of drug-likeness (QED) is 0.738. The van der Waals surface area contributed by atoms with Gasteiger partial charge in [-0.2, -0.15) is 0 Å². The number of amides is 2. The van der Waals surface area contributed by atoms with Crippen molar-refractivity contribution in [3.8, 4) is 5.75 Å². The van der Waals surface area contributed by atoms with Crippen molar-refractivity contribution in [2.45, 2.75) is 19.4 Å². The van der Waals surface area contributed by atoms with E-state index in [0.29, 0.717) is 11.4 Å². The number of carboxylic acids is 1. The van der Waals surface area contributed by atoms with Crippen molar-refractivity contribution in [1.82, 2.24) is 5.32 Å². The van der Waals surface area contributed by atoms with Crippen LogP contribution in [0.5, 0.6) is 5.75 Å². The van der Waals surface area contributed by atoms with Gasteiger partial charge in [0.15, 0.2) is 6.61 Å². The van der Waals surface area contributed by atoms with Crippen molar-refractivity contribution in [3.05, 3.63) is 46.7 Å². The molecule has 138 valence electrons. The first kappa shape index (κ1) is 19.5. The molecule has 7 nitrogen and oxygen atoms in total. The summed E-state index contributed by atoms with van der Waals surface area (Å²) in [6, 6.07) is 9.94. The molecule has 0 aliphatic rings. The maximum absolute atomic E-state index is 12.6. The number of anilines is 1. The molecule has 2 N–H and O–H groups in total. The van der Waals surface area contributed by atoms with E-state index in [0.717, 1.165) is 4.88 Å². The lowest BCUT2D eigenvalue weighted by atomic mass is 10.1. The molecule has 2 amide bonds. The average Bonchev–Trinajstić information content (AvgIpc) is 3.13. The molecule has 2 aromatic rings. The highest BCUT2D eigenvalue weighted by Gasteiger charge is 2.21. The van der Waals surface area contributed by atoms with Crippen molar-refractivity contribution in [2.24, 2.45) is 0 Å². The number of hydrogen-bond donors (Lipinski definition) is 2. The van der Waals surface area contributed by atoms with E-state index in [1.165, 1.54) is 23.2 Å². The molecule has 0 saturated heterocycles. The molecular formula is C18H20N2O5S. The molecule has 0 fully saturated rings. The van der Waals surface area contributed by atoms with E-state index < -0.39 is 12.6 Å². The molecule has 26 heavy (non-hydrogen) atoms. The van der Waals surface area contributed by atoms with E-state index in [9.17, 15) is 14.4 Å². The van der Waals surface area contributed by atoms with Gasteiger partial charge in [-0.1, -0.05) is 6.07 Å². The Morgan fingerprint density at radius 3 is 2.46 bits per heavy atom. The minimum absolute atomic E-state index is 0.133. The summed E-state index contributed by atoms with van der Waals surface area (Å²) >= 11 is 1.48. The molecule has 0 radical (unpaired) electrons. The van der Waals surface area contributed by atoms with E-state index in [1.54, 1.807) is 31.3 Å². The van der Waals surface area contributed by atoms with Gasteiger partial charge in [0.2, 0.25) is 11.8 Å². The van der Waals surface area contributed by atoms with Crippen LogP contribution in [0, 0.1) is 0 Å². The summed E-state index contributed by atoms with van der Waals surface area (Å²) in [4.78, 5) is 36.9. The van der Waals surface area contributed by atoms with Gasteiger partial charge in [-0.3, -0.25) is 9.59 Å². The van der Waals surface area contributed by atoms with Crippen LogP contribution in [0.4, 0.5) is 5.69 Å². The number of carboxylic acid groups (broad SMARTS) is 1. The maximum Gasteiger partial charge on any atom is 0.341 e. The first-order chi connectivity index (χ1) is 12.4. The van der Waals surface area contributed by atoms with E-state index in [2.05, 4.69) is 5.32 Å². The Balaban J connectivity index is 2.03. The number of nitrogens with one attached hydrogen (secondary N) is 1. The fraction of sp³-hybridized carbons (Fsp3) is 0.278. The highest BCUT2D eigenvalue weighted by molar-refractivity contribution is 7.10. The third-order valence-corrected chi connectivity index (χ3v) is 4.59. The first-order valence-electron chi connectivity index (χ1n) is 7.88. The Bertz CT molecular complexity index is 758. The third kappa shape index (κ3) is 5.59. The molecule has 0 spiro atoms. The molecule has 1 heterocycles. The zero-order valence-electron chi connectivity index (χ0n) is 14.5. The van der Waals surface area contributed by atoms with Crippen molar-refractivity contribution in [1.29, 1.82) is 0 Å². The largest absolute Gasteiger partial charge is 0.482 e. The lowest BCUT2D eigenvalue weighted by Gasteiger charge is -2.22. The number of benzene rings is 1. The number of carbonyl (C=O) groups is 3. The highest BCUT2D eigenvalue weighted by atomic mass is 32.1. The molecule has 1 aromatic heterocycles. The Kier molecular flexibility index (Phi) is 6.74. The van der Waals surface area contributed by atoms with Crippen molar-refractivity contribution >= 4 is 34.8 Å². The summed E-state index contributed by atoms with van der Waals surface area (Å²) in [5.74, 6) is -0.999. The summed E-state index contributed by atoms with van der Waals surface area (Å²) in [6.07, 6.45) is 0.133. The zero-order chi connectivity index (χ0) is 19.1. The van der Waals surface area contributed by atoms with Crippen molar-refractivity contribution < 1.29 is 24.2 Å². The second-order valence-corrected chi connectivity index (χ2v) is 6.58. The summed E-state index contributed by atoms with van der Waals surface area (Å²) in [7, 11) is 1.65. The van der Waals surface area contributed by atoms with Crippen LogP contribution in [0.25, 0.3) is 0 Å². The third-order valence-electron chi connectivity index (χ3n) is 3.60. The van der Waals surface area contributed by atoms with Gasteiger partial charge < -0.3 is 20.1 Å². The van der Waals surface area contributed by atoms with Gasteiger partial charge in [0.25, 0.3) is 0 Å². The zero-order valence-corrected chi connectivity index (χ0v) is 15.3. The van der Waals surface area contributed by atoms with E-state index in [1.807, 2.05) is 17.5 Å². The van der Waals surface area contributed by atoms with Gasteiger partial charge >= 0.3 is 5.97 Å². The molecule has 0 aliphatic heterocycles. The van der Waals surface area contributed by atoms with Crippen LogP contribution in [-0.2, 0) is 14.4 Å². The van der Waals surface area contributed by atoms with E-state index >= 15 is 0 Å². The van der Waals surface area contributed by atoms with Crippen LogP contribution < -0.4 is 15.0 Å². The van der Waals surface area contributed by atoms with Gasteiger partial charge in [0, 0.05) is 24.5 Å². The van der Waals surface area contributed by atoms with Gasteiger partial charge in [0.05, 0.1) is 12.5 Å². The maximum atomic E-state index is 12.6. The SMILES string of the molecule is CC(=O)NC(CC(=O)N(C)c1ccc(OCC(=O)O)cc1)c1cccs1. The lowest BCUT2D eigenvalue weighted by molar-refractivity contribution is -0.139. The molecule has 0 saturated carbocycles. The standard InChI is InChI=1S/C18H20N2O5S/c1-12(21)19-15(16-4-3-9-26-16)10-17(22)20(2)13-5-7-14(8-6-13)25-11-18(23)24/h3-9,15H,10-11H2,1-2H3,(H,19,21)(H,23,24). The van der Waals surface area contributed by atoms with Crippen molar-refractivity contribution in [3.63, 3.8) is 0 Å². The molecule has 1 unspecified atom stereocenters. The second kappa shape index (κ2) is 9.00. The lowest BCUT2D eigenvalue weighted by Crippen LogP contribution is -2.33. The summed E-state index contributed by atoms with van der Waals surface area (Å²) in [5.41, 5.74) is 0.644. The number of ether oxygens (including phenoxy) is 1. The van der Waals surface area contributed by atoms with Gasteiger partial charge in [0.1, 0.15) is 5.75 Å². The van der Waals surface area contributed by atoms with E-state index in [4.69, 9.17) is 9.84 Å². The molecule has 8 heteroatoms. The summed E-state index contributed by atoms with van der Waals surface area (Å²) in [6.45, 7) is 0.998. The van der Waals surface area contributed by atoms with Crippen LogP contribution in [0.2, 0.25) is 0 Å². The Labute approximate surface area is 155 Å².